The van der Waals surface area contributed by atoms with Crippen molar-refractivity contribution in [2.45, 2.75) is 25.1 Å². The van der Waals surface area contributed by atoms with Crippen molar-refractivity contribution in [3.05, 3.63) is 78.6 Å². The van der Waals surface area contributed by atoms with Crippen LogP contribution in [0.5, 0.6) is 0 Å². The van der Waals surface area contributed by atoms with E-state index < -0.39 is 30.1 Å². The number of aromatic amines is 1. The lowest BCUT2D eigenvalue weighted by Crippen LogP contribution is -2.41. The van der Waals surface area contributed by atoms with Crippen LogP contribution in [-0.2, 0) is 9.59 Å². The van der Waals surface area contributed by atoms with Gasteiger partial charge in [0.15, 0.2) is 0 Å². The van der Waals surface area contributed by atoms with Gasteiger partial charge in [0.2, 0.25) is 0 Å². The molecule has 39 heavy (non-hydrogen) atoms. The first-order chi connectivity index (χ1) is 18.5. The summed E-state index contributed by atoms with van der Waals surface area (Å²) in [5, 5.41) is 22.5. The number of rotatable bonds is 9. The average molecular weight is 544 g/mol. The number of benzene rings is 2. The molecule has 4 aromatic rings. The molecule has 1 atom stereocenters. The van der Waals surface area contributed by atoms with Crippen molar-refractivity contribution in [3.63, 3.8) is 0 Å². The number of nitrogens with zero attached hydrogens (tertiary/aromatic N) is 2. The number of imidazole rings is 1. The second kappa shape index (κ2) is 13.0. The number of carboxylic acids is 2. The minimum Gasteiger partial charge on any atom is -0.480 e. The van der Waals surface area contributed by atoms with Gasteiger partial charge in [0, 0.05) is 35.8 Å². The number of carbonyl (C=O) groups is 3. The zero-order valence-corrected chi connectivity index (χ0v) is 20.3. The first-order valence-corrected chi connectivity index (χ1v) is 11.6. The SMILES string of the molecule is O=C(NC(CCCNc1ccccc1)C(=O)O)c1ccc2nc(-c3ccncc3)[nH]c2c1.O=C(O)C(F)(F)F. The van der Waals surface area contributed by atoms with Crippen molar-refractivity contribution >= 4 is 34.6 Å². The zero-order valence-electron chi connectivity index (χ0n) is 20.3. The van der Waals surface area contributed by atoms with Crippen molar-refractivity contribution in [3.8, 4) is 11.4 Å². The Labute approximate surface area is 219 Å². The van der Waals surface area contributed by atoms with Crippen LogP contribution in [0.4, 0.5) is 18.9 Å². The Hall–Kier alpha value is -4.94. The summed E-state index contributed by atoms with van der Waals surface area (Å²) in [6, 6.07) is 17.5. The topological polar surface area (TPSA) is 157 Å². The number of aliphatic carboxylic acids is 2. The van der Waals surface area contributed by atoms with Gasteiger partial charge >= 0.3 is 18.1 Å². The number of amides is 1. The molecule has 0 spiro atoms. The van der Waals surface area contributed by atoms with Gasteiger partial charge in [-0.25, -0.2) is 14.6 Å². The summed E-state index contributed by atoms with van der Waals surface area (Å²) >= 11 is 0. The molecule has 204 valence electrons. The molecule has 4 rings (SSSR count). The Bertz CT molecular complexity index is 1410. The predicted octanol–water partition coefficient (Wildman–Crippen LogP) is 4.33. The molecule has 2 aromatic heterocycles. The summed E-state index contributed by atoms with van der Waals surface area (Å²) in [5.74, 6) is -3.57. The van der Waals surface area contributed by atoms with E-state index in [2.05, 4.69) is 25.6 Å². The third-order valence-electron chi connectivity index (χ3n) is 5.32. The summed E-state index contributed by atoms with van der Waals surface area (Å²) < 4.78 is 31.7. The Morgan fingerprint density at radius 1 is 0.974 bits per heavy atom. The first kappa shape index (κ1) is 28.6. The van der Waals surface area contributed by atoms with Crippen LogP contribution in [0.3, 0.4) is 0 Å². The fraction of sp³-hybridized carbons (Fsp3) is 0.192. The van der Waals surface area contributed by atoms with Crippen molar-refractivity contribution in [2.24, 2.45) is 0 Å². The average Bonchev–Trinajstić information content (AvgIpc) is 3.35. The highest BCUT2D eigenvalue weighted by atomic mass is 19.4. The number of hydrogen-bond donors (Lipinski definition) is 5. The molecule has 0 aliphatic carbocycles. The van der Waals surface area contributed by atoms with Gasteiger partial charge in [0.05, 0.1) is 11.0 Å². The highest BCUT2D eigenvalue weighted by molar-refractivity contribution is 5.99. The maximum atomic E-state index is 12.7. The number of pyridine rings is 1. The summed E-state index contributed by atoms with van der Waals surface area (Å²) in [7, 11) is 0. The molecule has 0 saturated heterocycles. The molecule has 0 fully saturated rings. The maximum Gasteiger partial charge on any atom is 0.490 e. The second-order valence-electron chi connectivity index (χ2n) is 8.16. The maximum absolute atomic E-state index is 12.7. The van der Waals surface area contributed by atoms with Crippen LogP contribution in [-0.4, -0.2) is 61.8 Å². The molecular weight excluding hydrogens is 519 g/mol. The Morgan fingerprint density at radius 3 is 2.26 bits per heavy atom. The normalized spacial score (nSPS) is 11.7. The fourth-order valence-electron chi connectivity index (χ4n) is 3.39. The van der Waals surface area contributed by atoms with Crippen LogP contribution in [0, 0.1) is 0 Å². The number of aromatic nitrogens is 3. The largest absolute Gasteiger partial charge is 0.490 e. The number of fused-ring (bicyclic) bond motifs is 1. The lowest BCUT2D eigenvalue weighted by atomic mass is 10.1. The molecule has 1 amide bonds. The zero-order chi connectivity index (χ0) is 28.4. The number of nitrogens with one attached hydrogen (secondary N) is 3. The highest BCUT2D eigenvalue weighted by Gasteiger charge is 2.38. The lowest BCUT2D eigenvalue weighted by Gasteiger charge is -2.15. The Kier molecular flexibility index (Phi) is 9.57. The van der Waals surface area contributed by atoms with Gasteiger partial charge in [-0.1, -0.05) is 18.2 Å². The van der Waals surface area contributed by atoms with E-state index in [0.717, 1.165) is 16.8 Å². The molecule has 13 heteroatoms. The van der Waals surface area contributed by atoms with Crippen LogP contribution in [0.25, 0.3) is 22.4 Å². The van der Waals surface area contributed by atoms with Gasteiger partial charge in [-0.3, -0.25) is 9.78 Å². The van der Waals surface area contributed by atoms with Crippen molar-refractivity contribution in [1.29, 1.82) is 0 Å². The van der Waals surface area contributed by atoms with E-state index in [1.54, 1.807) is 30.6 Å². The molecule has 2 heterocycles. The number of H-pyrrole nitrogens is 1. The van der Waals surface area contributed by atoms with Crippen molar-refractivity contribution in [2.75, 3.05) is 11.9 Å². The van der Waals surface area contributed by atoms with E-state index in [0.29, 0.717) is 36.3 Å². The lowest BCUT2D eigenvalue weighted by molar-refractivity contribution is -0.192. The van der Waals surface area contributed by atoms with Crippen LogP contribution in [0.2, 0.25) is 0 Å². The number of halogens is 3. The third-order valence-corrected chi connectivity index (χ3v) is 5.32. The van der Waals surface area contributed by atoms with Crippen molar-refractivity contribution in [1.82, 2.24) is 20.3 Å². The van der Waals surface area contributed by atoms with Gasteiger partial charge in [0.1, 0.15) is 11.9 Å². The van der Waals surface area contributed by atoms with Gasteiger partial charge < -0.3 is 25.8 Å². The van der Waals surface area contributed by atoms with Crippen LogP contribution < -0.4 is 10.6 Å². The number of alkyl halides is 3. The Balaban J connectivity index is 0.000000532. The molecule has 0 aliphatic rings. The number of carboxylic acid groups (broad SMARTS) is 2. The van der Waals surface area contributed by atoms with Crippen molar-refractivity contribution < 1.29 is 37.8 Å². The summed E-state index contributed by atoms with van der Waals surface area (Å²) in [6.45, 7) is 0.613. The number of hydrogen-bond acceptors (Lipinski definition) is 6. The van der Waals surface area contributed by atoms with E-state index in [1.165, 1.54) is 0 Å². The molecule has 0 saturated carbocycles. The second-order valence-corrected chi connectivity index (χ2v) is 8.16. The van der Waals surface area contributed by atoms with E-state index in [9.17, 15) is 27.9 Å². The molecule has 1 unspecified atom stereocenters. The van der Waals surface area contributed by atoms with Gasteiger partial charge in [0.25, 0.3) is 5.91 Å². The van der Waals surface area contributed by atoms with E-state index >= 15 is 0 Å². The highest BCUT2D eigenvalue weighted by Crippen LogP contribution is 2.21. The third kappa shape index (κ3) is 8.55. The minimum atomic E-state index is -5.08. The molecule has 2 aromatic carbocycles. The van der Waals surface area contributed by atoms with Crippen LogP contribution in [0.15, 0.2) is 73.1 Å². The number of carbonyl (C=O) groups excluding carboxylic acids is 1. The van der Waals surface area contributed by atoms with Gasteiger partial charge in [-0.05, 0) is 55.3 Å². The van der Waals surface area contributed by atoms with Crippen LogP contribution >= 0.6 is 0 Å². The summed E-state index contributed by atoms with van der Waals surface area (Å²) in [6.07, 6.45) is -0.800. The summed E-state index contributed by atoms with van der Waals surface area (Å²) in [5.41, 5.74) is 3.65. The molecule has 0 bridgehead atoms. The molecular formula is C26H24F3N5O5. The molecule has 10 nitrogen and oxygen atoms in total. The monoisotopic (exact) mass is 543 g/mol. The van der Waals surface area contributed by atoms with E-state index in [-0.39, 0.29) is 0 Å². The predicted molar refractivity (Wildman–Crippen MR) is 136 cm³/mol. The minimum absolute atomic E-state index is 0.319. The van der Waals surface area contributed by atoms with Gasteiger partial charge in [-0.15, -0.1) is 0 Å². The van der Waals surface area contributed by atoms with E-state index in [1.807, 2.05) is 42.5 Å². The van der Waals surface area contributed by atoms with E-state index in [4.69, 9.17) is 9.90 Å². The number of para-hydroxylation sites is 1. The first-order valence-electron chi connectivity index (χ1n) is 11.6. The van der Waals surface area contributed by atoms with Gasteiger partial charge in [-0.2, -0.15) is 13.2 Å². The fourth-order valence-corrected chi connectivity index (χ4v) is 3.39. The molecule has 0 aliphatic heterocycles. The molecule has 0 radical (unpaired) electrons. The standard InChI is InChI=1S/C24H23N5O3.C2HF3O2/c30-23(29-20(24(31)32)7-4-12-26-18-5-2-1-3-6-18)17-8-9-19-21(15-17)28-22(27-19)16-10-13-25-14-11-16;3-2(4,5)1(6)7/h1-3,5-6,8-11,13-15,20,26H,4,7,12H2,(H,27,28)(H,29,30)(H,31,32);(H,6,7). The smallest absolute Gasteiger partial charge is 0.480 e. The molecule has 5 N–H and O–H groups in total. The number of anilines is 1. The summed E-state index contributed by atoms with van der Waals surface area (Å²) in [4.78, 5) is 45.0. The Morgan fingerprint density at radius 2 is 1.64 bits per heavy atom. The quantitative estimate of drug-likeness (QED) is 0.195. The van der Waals surface area contributed by atoms with Crippen LogP contribution in [0.1, 0.15) is 23.2 Å².